The zero-order valence-corrected chi connectivity index (χ0v) is 9.70. The Kier molecular flexibility index (Phi) is 5.08. The van der Waals surface area contributed by atoms with Crippen LogP contribution in [0, 0.1) is 6.92 Å². The molecule has 1 heterocycles. The second-order valence-electron chi connectivity index (χ2n) is 3.97. The molecule has 1 aromatic rings. The lowest BCUT2D eigenvalue weighted by molar-refractivity contribution is 0.111. The first-order valence-electron chi connectivity index (χ1n) is 5.77. The molecule has 0 unspecified atom stereocenters. The second kappa shape index (κ2) is 6.38. The van der Waals surface area contributed by atoms with E-state index in [0.29, 0.717) is 5.69 Å². The summed E-state index contributed by atoms with van der Waals surface area (Å²) in [5, 5.41) is 4.19. The van der Waals surface area contributed by atoms with Crippen molar-refractivity contribution in [2.24, 2.45) is 0 Å². The van der Waals surface area contributed by atoms with Crippen molar-refractivity contribution in [2.75, 3.05) is 0 Å². The van der Waals surface area contributed by atoms with Crippen molar-refractivity contribution in [1.82, 2.24) is 9.78 Å². The SMILES string of the molecule is CCCCCCCn1nc(C=O)cc1C. The van der Waals surface area contributed by atoms with Crippen LogP contribution in [0.2, 0.25) is 0 Å². The highest BCUT2D eigenvalue weighted by molar-refractivity contribution is 5.71. The number of unbranched alkanes of at least 4 members (excludes halogenated alkanes) is 4. The van der Waals surface area contributed by atoms with Crippen LogP contribution in [0.1, 0.15) is 55.2 Å². The Bertz CT molecular complexity index is 305. The molecule has 0 saturated heterocycles. The minimum absolute atomic E-state index is 0.543. The Morgan fingerprint density at radius 3 is 2.67 bits per heavy atom. The lowest BCUT2D eigenvalue weighted by atomic mass is 10.1. The monoisotopic (exact) mass is 208 g/mol. The highest BCUT2D eigenvalue weighted by atomic mass is 16.1. The molecule has 0 aliphatic rings. The quantitative estimate of drug-likeness (QED) is 0.510. The molecular formula is C12H20N2O. The van der Waals surface area contributed by atoms with E-state index in [1.807, 2.05) is 17.7 Å². The molecule has 3 heteroatoms. The molecular weight excluding hydrogens is 188 g/mol. The molecule has 0 aliphatic heterocycles. The standard InChI is InChI=1S/C12H20N2O/c1-3-4-5-6-7-8-14-11(2)9-12(10-15)13-14/h9-10H,3-8H2,1-2H3. The van der Waals surface area contributed by atoms with Crippen LogP contribution in [0.15, 0.2) is 6.07 Å². The average Bonchev–Trinajstić information content (AvgIpc) is 2.59. The van der Waals surface area contributed by atoms with Crippen molar-refractivity contribution in [3.8, 4) is 0 Å². The van der Waals surface area contributed by atoms with Crippen LogP contribution in [-0.4, -0.2) is 16.1 Å². The van der Waals surface area contributed by atoms with E-state index in [0.717, 1.165) is 24.9 Å². The molecule has 0 aromatic carbocycles. The first-order valence-corrected chi connectivity index (χ1v) is 5.77. The molecule has 0 aliphatic carbocycles. The molecule has 0 atom stereocenters. The molecule has 3 nitrogen and oxygen atoms in total. The molecule has 0 spiro atoms. The summed E-state index contributed by atoms with van der Waals surface area (Å²) in [6, 6.07) is 1.83. The van der Waals surface area contributed by atoms with Gasteiger partial charge in [-0.2, -0.15) is 5.10 Å². The summed E-state index contributed by atoms with van der Waals surface area (Å²) in [7, 11) is 0. The lowest BCUT2D eigenvalue weighted by Crippen LogP contribution is -2.02. The molecule has 0 saturated carbocycles. The van der Waals surface area contributed by atoms with E-state index in [9.17, 15) is 4.79 Å². The summed E-state index contributed by atoms with van der Waals surface area (Å²) in [6.07, 6.45) is 7.11. The maximum atomic E-state index is 10.5. The molecule has 0 N–H and O–H groups in total. The Balaban J connectivity index is 2.30. The van der Waals surface area contributed by atoms with Crippen molar-refractivity contribution in [2.45, 2.75) is 52.5 Å². The number of nitrogens with zero attached hydrogens (tertiary/aromatic N) is 2. The predicted molar refractivity (Wildman–Crippen MR) is 61.1 cm³/mol. The fourth-order valence-electron chi connectivity index (χ4n) is 1.68. The molecule has 1 aromatic heterocycles. The highest BCUT2D eigenvalue weighted by Crippen LogP contribution is 2.06. The minimum Gasteiger partial charge on any atom is -0.296 e. The van der Waals surface area contributed by atoms with E-state index >= 15 is 0 Å². The number of hydrogen-bond acceptors (Lipinski definition) is 2. The number of rotatable bonds is 7. The van der Waals surface area contributed by atoms with Gasteiger partial charge in [0.1, 0.15) is 5.69 Å². The lowest BCUT2D eigenvalue weighted by Gasteiger charge is -2.03. The molecule has 1 rings (SSSR count). The zero-order chi connectivity index (χ0) is 11.1. The largest absolute Gasteiger partial charge is 0.296 e. The number of hydrogen-bond donors (Lipinski definition) is 0. The molecule has 0 bridgehead atoms. The Labute approximate surface area is 91.5 Å². The third-order valence-corrected chi connectivity index (χ3v) is 2.59. The van der Waals surface area contributed by atoms with Crippen LogP contribution >= 0.6 is 0 Å². The van der Waals surface area contributed by atoms with Gasteiger partial charge in [-0.15, -0.1) is 0 Å². The maximum Gasteiger partial charge on any atom is 0.170 e. The maximum absolute atomic E-state index is 10.5. The van der Waals surface area contributed by atoms with Crippen molar-refractivity contribution in [3.63, 3.8) is 0 Å². The van der Waals surface area contributed by atoms with E-state index in [-0.39, 0.29) is 0 Å². The minimum atomic E-state index is 0.543. The van der Waals surface area contributed by atoms with Gasteiger partial charge >= 0.3 is 0 Å². The van der Waals surface area contributed by atoms with Crippen LogP contribution < -0.4 is 0 Å². The van der Waals surface area contributed by atoms with Gasteiger partial charge in [0.15, 0.2) is 6.29 Å². The number of aryl methyl sites for hydroxylation is 2. The van der Waals surface area contributed by atoms with Gasteiger partial charge in [-0.25, -0.2) is 0 Å². The van der Waals surface area contributed by atoms with Gasteiger partial charge in [0, 0.05) is 12.2 Å². The van der Waals surface area contributed by atoms with Crippen LogP contribution in [-0.2, 0) is 6.54 Å². The molecule has 15 heavy (non-hydrogen) atoms. The van der Waals surface area contributed by atoms with Gasteiger partial charge in [0.25, 0.3) is 0 Å². The van der Waals surface area contributed by atoms with Gasteiger partial charge in [0.05, 0.1) is 0 Å². The van der Waals surface area contributed by atoms with E-state index in [1.165, 1.54) is 25.7 Å². The fourth-order valence-corrected chi connectivity index (χ4v) is 1.68. The highest BCUT2D eigenvalue weighted by Gasteiger charge is 2.02. The first kappa shape index (κ1) is 12.0. The van der Waals surface area contributed by atoms with Crippen molar-refractivity contribution in [3.05, 3.63) is 17.5 Å². The second-order valence-corrected chi connectivity index (χ2v) is 3.97. The van der Waals surface area contributed by atoms with Crippen molar-refractivity contribution in [1.29, 1.82) is 0 Å². The number of carbonyl (C=O) groups is 1. The Hall–Kier alpha value is -1.12. The molecule has 0 amide bonds. The smallest absolute Gasteiger partial charge is 0.170 e. The van der Waals surface area contributed by atoms with E-state index in [4.69, 9.17) is 0 Å². The van der Waals surface area contributed by atoms with Crippen LogP contribution in [0.5, 0.6) is 0 Å². The summed E-state index contributed by atoms with van der Waals surface area (Å²) < 4.78 is 1.93. The molecule has 84 valence electrons. The molecule has 0 radical (unpaired) electrons. The van der Waals surface area contributed by atoms with Gasteiger partial charge in [-0.05, 0) is 19.4 Å². The topological polar surface area (TPSA) is 34.9 Å². The van der Waals surface area contributed by atoms with Crippen LogP contribution in [0.25, 0.3) is 0 Å². The Morgan fingerprint density at radius 2 is 2.07 bits per heavy atom. The van der Waals surface area contributed by atoms with Crippen molar-refractivity contribution < 1.29 is 4.79 Å². The third kappa shape index (κ3) is 3.86. The number of aromatic nitrogens is 2. The van der Waals surface area contributed by atoms with E-state index in [1.54, 1.807) is 0 Å². The fraction of sp³-hybridized carbons (Fsp3) is 0.667. The normalized spacial score (nSPS) is 10.5. The third-order valence-electron chi connectivity index (χ3n) is 2.59. The first-order chi connectivity index (χ1) is 7.27. The van der Waals surface area contributed by atoms with Gasteiger partial charge < -0.3 is 0 Å². The van der Waals surface area contributed by atoms with E-state index in [2.05, 4.69) is 12.0 Å². The van der Waals surface area contributed by atoms with E-state index < -0.39 is 0 Å². The van der Waals surface area contributed by atoms with Gasteiger partial charge in [-0.1, -0.05) is 32.6 Å². The predicted octanol–water partition coefficient (Wildman–Crippen LogP) is 2.97. The summed E-state index contributed by atoms with van der Waals surface area (Å²) >= 11 is 0. The summed E-state index contributed by atoms with van der Waals surface area (Å²) in [5.74, 6) is 0. The summed E-state index contributed by atoms with van der Waals surface area (Å²) in [6.45, 7) is 5.14. The Morgan fingerprint density at radius 1 is 1.33 bits per heavy atom. The van der Waals surface area contributed by atoms with Crippen LogP contribution in [0.4, 0.5) is 0 Å². The number of aldehydes is 1. The number of carbonyl (C=O) groups excluding carboxylic acids is 1. The van der Waals surface area contributed by atoms with Gasteiger partial charge in [0.2, 0.25) is 0 Å². The zero-order valence-electron chi connectivity index (χ0n) is 9.70. The summed E-state index contributed by atoms with van der Waals surface area (Å²) in [5.41, 5.74) is 1.62. The van der Waals surface area contributed by atoms with Crippen molar-refractivity contribution >= 4 is 6.29 Å². The molecule has 0 fully saturated rings. The average molecular weight is 208 g/mol. The summed E-state index contributed by atoms with van der Waals surface area (Å²) in [4.78, 5) is 10.5. The van der Waals surface area contributed by atoms with Crippen LogP contribution in [0.3, 0.4) is 0 Å². The van der Waals surface area contributed by atoms with Gasteiger partial charge in [-0.3, -0.25) is 9.48 Å².